The predicted octanol–water partition coefficient (Wildman–Crippen LogP) is 3.09. The molecule has 0 radical (unpaired) electrons. The molecule has 1 aliphatic rings. The third-order valence-electron chi connectivity index (χ3n) is 4.33. The maximum absolute atomic E-state index is 14.7. The van der Waals surface area contributed by atoms with E-state index in [1.807, 2.05) is 0 Å². The highest BCUT2D eigenvalue weighted by atomic mass is 19.1. The van der Waals surface area contributed by atoms with E-state index in [1.165, 1.54) is 6.07 Å². The summed E-state index contributed by atoms with van der Waals surface area (Å²) in [5.41, 5.74) is 5.39. The van der Waals surface area contributed by atoms with Crippen LogP contribution in [0.25, 0.3) is 4.85 Å². The number of carbonyl (C=O) groups is 1. The lowest BCUT2D eigenvalue weighted by Gasteiger charge is -2.31. The van der Waals surface area contributed by atoms with Crippen LogP contribution in [0.15, 0.2) is 29.4 Å². The Kier molecular flexibility index (Phi) is 4.71. The van der Waals surface area contributed by atoms with Gasteiger partial charge in [-0.2, -0.15) is 0 Å². The van der Waals surface area contributed by atoms with Gasteiger partial charge in [0.05, 0.1) is 13.0 Å². The molecule has 0 saturated heterocycles. The molecule has 146 valence electrons. The van der Waals surface area contributed by atoms with Gasteiger partial charge in [-0.1, -0.05) is 17.6 Å². The van der Waals surface area contributed by atoms with Crippen molar-refractivity contribution in [1.82, 2.24) is 9.55 Å². The summed E-state index contributed by atoms with van der Waals surface area (Å²) in [5.74, 6) is -0.0904. The van der Waals surface area contributed by atoms with Crippen LogP contribution in [0, 0.1) is 12.4 Å². The van der Waals surface area contributed by atoms with E-state index in [1.54, 1.807) is 50.6 Å². The molecular weight excluding hydrogens is 361 g/mol. The molecule has 1 aromatic carbocycles. The summed E-state index contributed by atoms with van der Waals surface area (Å²) < 4.78 is 21.7. The number of fused-ring (bicyclic) bond motifs is 1. The van der Waals surface area contributed by atoms with Gasteiger partial charge in [-0.25, -0.2) is 4.39 Å². The normalized spacial score (nSPS) is 18.8. The number of benzene rings is 1. The van der Waals surface area contributed by atoms with Crippen LogP contribution >= 0.6 is 0 Å². The van der Waals surface area contributed by atoms with Crippen molar-refractivity contribution in [2.24, 2.45) is 10.7 Å². The van der Waals surface area contributed by atoms with E-state index in [-0.39, 0.29) is 30.6 Å². The van der Waals surface area contributed by atoms with Gasteiger partial charge in [0, 0.05) is 11.8 Å². The minimum absolute atomic E-state index is 0.0258. The lowest BCUT2D eigenvalue weighted by molar-refractivity contribution is -0.153. The van der Waals surface area contributed by atoms with E-state index in [4.69, 9.17) is 17.0 Å². The standard InChI is InChI=1S/C20H22FN5O2/c1-19(2,3)28-16(27)9-12-6-7-14(21)13(8-12)20(4)11-26-10-15(23-5)24-18(26)17(22)25-20/h6-8,10H,9,11H2,1-4H3,(H2,22,25). The van der Waals surface area contributed by atoms with E-state index in [2.05, 4.69) is 14.8 Å². The van der Waals surface area contributed by atoms with Gasteiger partial charge in [0.1, 0.15) is 17.0 Å². The summed E-state index contributed by atoms with van der Waals surface area (Å²) in [6, 6.07) is 4.50. The van der Waals surface area contributed by atoms with Gasteiger partial charge >= 0.3 is 5.97 Å². The molecule has 0 fully saturated rings. The van der Waals surface area contributed by atoms with Crippen LogP contribution in [-0.4, -0.2) is 27.0 Å². The maximum Gasteiger partial charge on any atom is 0.310 e. The fourth-order valence-electron chi connectivity index (χ4n) is 3.25. The third-order valence-corrected chi connectivity index (χ3v) is 4.33. The summed E-state index contributed by atoms with van der Waals surface area (Å²) in [4.78, 5) is 24.0. The Balaban J connectivity index is 1.94. The number of hydrogen-bond donors (Lipinski definition) is 1. The number of carbonyl (C=O) groups excluding carboxylic acids is 1. The van der Waals surface area contributed by atoms with Crippen molar-refractivity contribution in [2.75, 3.05) is 0 Å². The maximum atomic E-state index is 14.7. The Morgan fingerprint density at radius 2 is 2.18 bits per heavy atom. The van der Waals surface area contributed by atoms with Crippen LogP contribution < -0.4 is 5.73 Å². The Bertz CT molecular complexity index is 1010. The number of rotatable bonds is 3. The second-order valence-corrected chi connectivity index (χ2v) is 8.01. The zero-order chi connectivity index (χ0) is 20.7. The summed E-state index contributed by atoms with van der Waals surface area (Å²) in [6.45, 7) is 14.5. The average molecular weight is 383 g/mol. The molecular formula is C20H22FN5O2. The molecule has 7 nitrogen and oxygen atoms in total. The first kappa shape index (κ1) is 19.5. The number of esters is 1. The van der Waals surface area contributed by atoms with Gasteiger partial charge in [-0.05, 0) is 45.4 Å². The van der Waals surface area contributed by atoms with Crippen LogP contribution in [0.1, 0.15) is 44.6 Å². The van der Waals surface area contributed by atoms with E-state index in [0.717, 1.165) is 0 Å². The highest BCUT2D eigenvalue weighted by molar-refractivity contribution is 5.95. The first-order valence-corrected chi connectivity index (χ1v) is 8.82. The van der Waals surface area contributed by atoms with Crippen molar-refractivity contribution in [3.8, 4) is 0 Å². The first-order chi connectivity index (χ1) is 13.0. The Morgan fingerprint density at radius 3 is 2.82 bits per heavy atom. The second-order valence-electron chi connectivity index (χ2n) is 8.01. The molecule has 0 spiro atoms. The number of amidine groups is 1. The SMILES string of the molecule is [C-]#[N+]c1cn2c(n1)C(N)=NC(C)(c1cc(CC(=O)OC(C)(C)C)ccc1F)C2. The smallest absolute Gasteiger partial charge is 0.310 e. The minimum Gasteiger partial charge on any atom is -0.460 e. The van der Waals surface area contributed by atoms with Crippen molar-refractivity contribution >= 4 is 17.6 Å². The van der Waals surface area contributed by atoms with Gasteiger partial charge < -0.3 is 19.9 Å². The molecule has 2 aromatic rings. The number of halogens is 1. The number of imidazole rings is 1. The Morgan fingerprint density at radius 1 is 1.46 bits per heavy atom. The zero-order valence-corrected chi connectivity index (χ0v) is 16.3. The molecule has 8 heteroatoms. The van der Waals surface area contributed by atoms with Crippen molar-refractivity contribution in [1.29, 1.82) is 0 Å². The Hall–Kier alpha value is -3.21. The lowest BCUT2D eigenvalue weighted by atomic mass is 9.89. The predicted molar refractivity (Wildman–Crippen MR) is 103 cm³/mol. The fourth-order valence-corrected chi connectivity index (χ4v) is 3.25. The van der Waals surface area contributed by atoms with Gasteiger partial charge in [0.25, 0.3) is 11.6 Å². The molecule has 0 amide bonds. The highest BCUT2D eigenvalue weighted by Crippen LogP contribution is 2.34. The third kappa shape index (κ3) is 3.88. The molecule has 28 heavy (non-hydrogen) atoms. The molecule has 1 atom stereocenters. The molecule has 3 rings (SSSR count). The van der Waals surface area contributed by atoms with Crippen molar-refractivity contribution < 1.29 is 13.9 Å². The number of hydrogen-bond acceptors (Lipinski definition) is 5. The summed E-state index contributed by atoms with van der Waals surface area (Å²) in [7, 11) is 0. The molecule has 1 aromatic heterocycles. The largest absolute Gasteiger partial charge is 0.460 e. The average Bonchev–Trinajstić information content (AvgIpc) is 2.98. The fraction of sp³-hybridized carbons (Fsp3) is 0.400. The lowest BCUT2D eigenvalue weighted by Crippen LogP contribution is -2.37. The number of aliphatic imine (C=N–C) groups is 1. The van der Waals surface area contributed by atoms with Crippen LogP contribution in [-0.2, 0) is 28.0 Å². The van der Waals surface area contributed by atoms with Crippen LogP contribution in [0.5, 0.6) is 0 Å². The molecule has 2 N–H and O–H groups in total. The summed E-state index contributed by atoms with van der Waals surface area (Å²) in [5, 5.41) is 0. The monoisotopic (exact) mass is 383 g/mol. The van der Waals surface area contributed by atoms with Crippen LogP contribution in [0.4, 0.5) is 10.2 Å². The van der Waals surface area contributed by atoms with Gasteiger partial charge in [0.15, 0.2) is 5.84 Å². The number of aromatic nitrogens is 2. The zero-order valence-electron chi connectivity index (χ0n) is 16.3. The molecule has 1 aliphatic heterocycles. The number of nitrogens with two attached hydrogens (primary N) is 1. The quantitative estimate of drug-likeness (QED) is 0.652. The first-order valence-electron chi connectivity index (χ1n) is 8.82. The van der Waals surface area contributed by atoms with E-state index in [0.29, 0.717) is 17.0 Å². The topological polar surface area (TPSA) is 86.9 Å². The highest BCUT2D eigenvalue weighted by Gasteiger charge is 2.36. The van der Waals surface area contributed by atoms with Gasteiger partial charge in [-0.15, -0.1) is 0 Å². The van der Waals surface area contributed by atoms with Crippen molar-refractivity contribution in [2.45, 2.75) is 51.8 Å². The summed E-state index contributed by atoms with van der Waals surface area (Å²) >= 11 is 0. The molecule has 2 heterocycles. The molecule has 1 unspecified atom stereocenters. The number of nitrogens with zero attached hydrogens (tertiary/aromatic N) is 4. The van der Waals surface area contributed by atoms with Crippen LogP contribution in [0.2, 0.25) is 0 Å². The van der Waals surface area contributed by atoms with E-state index in [9.17, 15) is 9.18 Å². The molecule has 0 aliphatic carbocycles. The summed E-state index contributed by atoms with van der Waals surface area (Å²) in [6.07, 6.45) is 1.60. The molecule has 0 bridgehead atoms. The second kappa shape index (κ2) is 6.75. The van der Waals surface area contributed by atoms with Crippen molar-refractivity contribution in [3.05, 3.63) is 58.6 Å². The Labute approximate surface area is 162 Å². The van der Waals surface area contributed by atoms with Gasteiger partial charge in [0.2, 0.25) is 0 Å². The van der Waals surface area contributed by atoms with E-state index < -0.39 is 17.0 Å². The minimum atomic E-state index is -0.995. The number of ether oxygens (including phenoxy) is 1. The van der Waals surface area contributed by atoms with Gasteiger partial charge in [-0.3, -0.25) is 9.79 Å². The van der Waals surface area contributed by atoms with Crippen molar-refractivity contribution in [3.63, 3.8) is 0 Å². The van der Waals surface area contributed by atoms with Crippen LogP contribution in [0.3, 0.4) is 0 Å². The van der Waals surface area contributed by atoms with E-state index >= 15 is 0 Å². The molecule has 0 saturated carbocycles.